The van der Waals surface area contributed by atoms with Crippen LogP contribution in [0, 0.1) is 11.3 Å². The maximum Gasteiger partial charge on any atom is 0.0636 e. The van der Waals surface area contributed by atoms with Crippen LogP contribution < -0.4 is 0 Å². The summed E-state index contributed by atoms with van der Waals surface area (Å²) in [6, 6.07) is 8.57. The van der Waals surface area contributed by atoms with Crippen LogP contribution in [-0.2, 0) is 6.54 Å². The predicted molar refractivity (Wildman–Crippen MR) is 104 cm³/mol. The summed E-state index contributed by atoms with van der Waals surface area (Å²) in [6.45, 7) is 7.60. The van der Waals surface area contributed by atoms with Gasteiger partial charge in [0.2, 0.25) is 0 Å². The minimum absolute atomic E-state index is 0.554. The summed E-state index contributed by atoms with van der Waals surface area (Å²) in [5, 5.41) is 0. The van der Waals surface area contributed by atoms with E-state index < -0.39 is 0 Å². The predicted octanol–water partition coefficient (Wildman–Crippen LogP) is 3.57. The fraction of sp³-hybridized carbons (Fsp3) is 0.591. The van der Waals surface area contributed by atoms with Gasteiger partial charge < -0.3 is 9.47 Å². The Morgan fingerprint density at radius 1 is 1.04 bits per heavy atom. The van der Waals surface area contributed by atoms with Crippen molar-refractivity contribution in [2.24, 2.45) is 11.3 Å². The molecule has 0 bridgehead atoms. The number of hydrogen-bond donors (Lipinski definition) is 0. The second-order valence-electron chi connectivity index (χ2n) is 8.82. The summed E-state index contributed by atoms with van der Waals surface area (Å²) in [7, 11) is 0. The van der Waals surface area contributed by atoms with Crippen molar-refractivity contribution >= 4 is 0 Å². The maximum absolute atomic E-state index is 4.28. The first-order valence-electron chi connectivity index (χ1n) is 10.3. The highest BCUT2D eigenvalue weighted by atomic mass is 15.2. The maximum atomic E-state index is 4.28. The van der Waals surface area contributed by atoms with Crippen LogP contribution in [0.15, 0.2) is 42.9 Å². The van der Waals surface area contributed by atoms with Gasteiger partial charge in [-0.15, -0.1) is 0 Å². The fourth-order valence-electron chi connectivity index (χ4n) is 5.15. The zero-order valence-corrected chi connectivity index (χ0v) is 15.7. The molecule has 26 heavy (non-hydrogen) atoms. The molecule has 4 nitrogen and oxygen atoms in total. The quantitative estimate of drug-likeness (QED) is 0.824. The van der Waals surface area contributed by atoms with E-state index in [1.807, 2.05) is 18.5 Å². The molecule has 2 aromatic heterocycles. The average molecular weight is 351 g/mol. The molecule has 1 unspecified atom stereocenters. The highest BCUT2D eigenvalue weighted by Gasteiger charge is 2.42. The topological polar surface area (TPSA) is 24.3 Å². The van der Waals surface area contributed by atoms with E-state index in [0.717, 1.165) is 18.2 Å². The molecule has 138 valence electrons. The molecule has 0 radical (unpaired) electrons. The van der Waals surface area contributed by atoms with Gasteiger partial charge in [0.1, 0.15) is 0 Å². The normalized spacial score (nSPS) is 27.4. The second-order valence-corrected chi connectivity index (χ2v) is 8.82. The Balaban J connectivity index is 1.25. The number of piperidine rings is 1. The Kier molecular flexibility index (Phi) is 4.33. The first-order valence-corrected chi connectivity index (χ1v) is 10.3. The van der Waals surface area contributed by atoms with Gasteiger partial charge in [-0.2, -0.15) is 0 Å². The van der Waals surface area contributed by atoms with Gasteiger partial charge in [0, 0.05) is 44.3 Å². The van der Waals surface area contributed by atoms with Crippen molar-refractivity contribution in [1.82, 2.24) is 19.4 Å². The van der Waals surface area contributed by atoms with Crippen LogP contribution in [0.25, 0.3) is 5.69 Å². The van der Waals surface area contributed by atoms with Crippen molar-refractivity contribution in [3.63, 3.8) is 0 Å². The van der Waals surface area contributed by atoms with Gasteiger partial charge in [-0.3, -0.25) is 9.88 Å². The van der Waals surface area contributed by atoms with E-state index >= 15 is 0 Å². The summed E-state index contributed by atoms with van der Waals surface area (Å²) in [6.07, 6.45) is 13.1. The largest absolute Gasteiger partial charge is 0.318 e. The number of rotatable bonds is 5. The zero-order chi connectivity index (χ0) is 17.4. The molecule has 1 spiro atoms. The third-order valence-electron chi connectivity index (χ3n) is 6.61. The van der Waals surface area contributed by atoms with Gasteiger partial charge in [0.15, 0.2) is 0 Å². The Labute approximate surface area is 156 Å². The molecule has 0 amide bonds. The Hall–Kier alpha value is -1.65. The van der Waals surface area contributed by atoms with Crippen LogP contribution >= 0.6 is 0 Å². The van der Waals surface area contributed by atoms with Crippen LogP contribution in [0.1, 0.15) is 37.8 Å². The number of hydrogen-bond acceptors (Lipinski definition) is 3. The van der Waals surface area contributed by atoms with Gasteiger partial charge in [-0.05, 0) is 80.8 Å². The molecule has 4 heterocycles. The van der Waals surface area contributed by atoms with Crippen molar-refractivity contribution in [3.8, 4) is 5.69 Å². The van der Waals surface area contributed by atoms with E-state index in [1.54, 1.807) is 0 Å². The smallest absolute Gasteiger partial charge is 0.0636 e. The lowest BCUT2D eigenvalue weighted by molar-refractivity contribution is 0.0882. The van der Waals surface area contributed by atoms with Crippen molar-refractivity contribution in [1.29, 1.82) is 0 Å². The molecule has 0 aromatic carbocycles. The van der Waals surface area contributed by atoms with Crippen molar-refractivity contribution in [3.05, 3.63) is 48.5 Å². The van der Waals surface area contributed by atoms with Crippen LogP contribution in [0.4, 0.5) is 0 Å². The van der Waals surface area contributed by atoms with E-state index in [4.69, 9.17) is 0 Å². The molecular weight excluding hydrogens is 320 g/mol. The Morgan fingerprint density at radius 3 is 2.81 bits per heavy atom. The summed E-state index contributed by atoms with van der Waals surface area (Å²) in [5.74, 6) is 1.02. The fourth-order valence-corrected chi connectivity index (χ4v) is 5.15. The summed E-state index contributed by atoms with van der Waals surface area (Å²) < 4.78 is 2.29. The molecule has 1 saturated carbocycles. The summed E-state index contributed by atoms with van der Waals surface area (Å²) >= 11 is 0. The number of pyridine rings is 1. The lowest BCUT2D eigenvalue weighted by atomic mass is 9.79. The van der Waals surface area contributed by atoms with E-state index in [2.05, 4.69) is 43.7 Å². The molecule has 1 atom stereocenters. The van der Waals surface area contributed by atoms with Crippen LogP contribution in [0.5, 0.6) is 0 Å². The standard InChI is InChI=1S/C22H30N4/c1-4-20(14-23-10-1)26-12-2-5-21(26)16-25-13-9-22(18-25)8-3-11-24(17-22)15-19-6-7-19/h1-2,4-5,10,12,14,19H,3,6-9,11,13,15-18H2. The first kappa shape index (κ1) is 16.5. The van der Waals surface area contributed by atoms with Gasteiger partial charge in [0.25, 0.3) is 0 Å². The van der Waals surface area contributed by atoms with Crippen LogP contribution in [0.2, 0.25) is 0 Å². The SMILES string of the molecule is c1cncc(-n2cccc2CN2CCC3(CCCN(CC4CC4)C3)C2)c1. The molecule has 2 aromatic rings. The van der Waals surface area contributed by atoms with E-state index in [1.165, 1.54) is 70.5 Å². The number of likely N-dealkylation sites (tertiary alicyclic amines) is 2. The Morgan fingerprint density at radius 2 is 1.96 bits per heavy atom. The van der Waals surface area contributed by atoms with Gasteiger partial charge in [-0.1, -0.05) is 0 Å². The minimum Gasteiger partial charge on any atom is -0.318 e. The van der Waals surface area contributed by atoms with Crippen molar-refractivity contribution < 1.29 is 0 Å². The van der Waals surface area contributed by atoms with Crippen molar-refractivity contribution in [2.45, 2.75) is 38.6 Å². The molecular formula is C22H30N4. The highest BCUT2D eigenvalue weighted by Crippen LogP contribution is 2.41. The summed E-state index contributed by atoms with van der Waals surface area (Å²) in [4.78, 5) is 9.74. The molecule has 2 aliphatic heterocycles. The number of aromatic nitrogens is 2. The molecule has 3 aliphatic rings. The van der Waals surface area contributed by atoms with Crippen molar-refractivity contribution in [2.75, 3.05) is 32.7 Å². The monoisotopic (exact) mass is 350 g/mol. The van der Waals surface area contributed by atoms with Crippen LogP contribution in [0.3, 0.4) is 0 Å². The van der Waals surface area contributed by atoms with Gasteiger partial charge >= 0.3 is 0 Å². The number of nitrogens with zero attached hydrogens (tertiary/aromatic N) is 4. The third kappa shape index (κ3) is 3.45. The average Bonchev–Trinajstić information content (AvgIpc) is 3.22. The molecule has 0 N–H and O–H groups in total. The van der Waals surface area contributed by atoms with E-state index in [9.17, 15) is 0 Å². The van der Waals surface area contributed by atoms with Gasteiger partial charge in [-0.25, -0.2) is 0 Å². The lowest BCUT2D eigenvalue weighted by Crippen LogP contribution is -2.45. The third-order valence-corrected chi connectivity index (χ3v) is 6.61. The van der Waals surface area contributed by atoms with E-state index in [0.29, 0.717) is 5.41 Å². The van der Waals surface area contributed by atoms with E-state index in [-0.39, 0.29) is 0 Å². The minimum atomic E-state index is 0.554. The second kappa shape index (κ2) is 6.82. The first-order chi connectivity index (χ1) is 12.8. The zero-order valence-electron chi connectivity index (χ0n) is 15.7. The molecule has 3 fully saturated rings. The molecule has 4 heteroatoms. The Bertz CT molecular complexity index is 736. The molecule has 2 saturated heterocycles. The highest BCUT2D eigenvalue weighted by molar-refractivity contribution is 5.32. The molecule has 1 aliphatic carbocycles. The van der Waals surface area contributed by atoms with Crippen LogP contribution in [-0.4, -0.2) is 52.1 Å². The summed E-state index contributed by atoms with van der Waals surface area (Å²) in [5.41, 5.74) is 3.09. The van der Waals surface area contributed by atoms with Gasteiger partial charge in [0.05, 0.1) is 11.9 Å². The molecule has 5 rings (SSSR count). The lowest BCUT2D eigenvalue weighted by Gasteiger charge is -2.40.